The van der Waals surface area contributed by atoms with Crippen LogP contribution in [0.25, 0.3) is 11.3 Å². The highest BCUT2D eigenvalue weighted by Gasteiger charge is 2.28. The van der Waals surface area contributed by atoms with E-state index in [1.165, 1.54) is 33.8 Å². The molecule has 2 heterocycles. The number of aryl methyl sites for hydroxylation is 2. The van der Waals surface area contributed by atoms with E-state index in [9.17, 15) is 0 Å². The lowest BCUT2D eigenvalue weighted by Gasteiger charge is -2.35. The third kappa shape index (κ3) is 5.28. The molecule has 0 spiro atoms. The molecule has 3 aromatic rings. The summed E-state index contributed by atoms with van der Waals surface area (Å²) < 4.78 is 2.10. The Hall–Kier alpha value is -3.65. The average Bonchev–Trinajstić information content (AvgIpc) is 3.21. The van der Waals surface area contributed by atoms with E-state index in [2.05, 4.69) is 76.1 Å². The van der Waals surface area contributed by atoms with Crippen molar-refractivity contribution in [2.24, 2.45) is 7.05 Å². The van der Waals surface area contributed by atoms with Crippen molar-refractivity contribution < 1.29 is 19.8 Å². The summed E-state index contributed by atoms with van der Waals surface area (Å²) in [5.41, 5.74) is 7.02. The van der Waals surface area contributed by atoms with Crippen LogP contribution in [0, 0.1) is 0 Å². The van der Waals surface area contributed by atoms with E-state index >= 15 is 0 Å². The van der Waals surface area contributed by atoms with Crippen LogP contribution in [0.2, 0.25) is 0 Å². The molecule has 2 N–H and O–H groups in total. The van der Waals surface area contributed by atoms with Crippen LogP contribution in [0.3, 0.4) is 0 Å². The molecular weight excluding hydrogens is 432 g/mol. The van der Waals surface area contributed by atoms with Crippen LogP contribution in [-0.2, 0) is 35.9 Å². The van der Waals surface area contributed by atoms with Gasteiger partial charge in [-0.2, -0.15) is 5.10 Å². The van der Waals surface area contributed by atoms with Crippen molar-refractivity contribution in [2.45, 2.75) is 19.3 Å². The number of aromatic nitrogens is 2. The van der Waals surface area contributed by atoms with E-state index in [1.54, 1.807) is 0 Å². The van der Waals surface area contributed by atoms with Gasteiger partial charge in [-0.25, -0.2) is 9.59 Å². The Bertz CT molecular complexity index is 1140. The Morgan fingerprint density at radius 1 is 0.882 bits per heavy atom. The number of benzene rings is 2. The van der Waals surface area contributed by atoms with Crippen LogP contribution in [0.4, 0.5) is 5.82 Å². The summed E-state index contributed by atoms with van der Waals surface area (Å²) in [6, 6.07) is 19.6. The third-order valence-corrected chi connectivity index (χ3v) is 6.46. The summed E-state index contributed by atoms with van der Waals surface area (Å²) in [6.07, 6.45) is 3.36. The first kappa shape index (κ1) is 23.5. The van der Waals surface area contributed by atoms with Gasteiger partial charge in [0.05, 0.1) is 5.69 Å². The van der Waals surface area contributed by atoms with Crippen molar-refractivity contribution in [3.63, 3.8) is 0 Å². The van der Waals surface area contributed by atoms with Gasteiger partial charge in [-0.3, -0.25) is 9.58 Å². The number of carbonyl (C=O) groups is 2. The van der Waals surface area contributed by atoms with Gasteiger partial charge >= 0.3 is 11.9 Å². The normalized spacial score (nSPS) is 15.0. The molecule has 8 nitrogen and oxygen atoms in total. The maximum absolute atomic E-state index is 9.10. The molecule has 1 fully saturated rings. The third-order valence-electron chi connectivity index (χ3n) is 6.46. The maximum Gasteiger partial charge on any atom is 0.414 e. The van der Waals surface area contributed by atoms with Crippen LogP contribution in [0.15, 0.2) is 54.6 Å². The van der Waals surface area contributed by atoms with Crippen molar-refractivity contribution in [1.29, 1.82) is 0 Å². The van der Waals surface area contributed by atoms with Crippen molar-refractivity contribution in [2.75, 3.05) is 37.6 Å². The molecule has 0 bridgehead atoms. The fourth-order valence-electron chi connectivity index (χ4n) is 4.72. The SMILES string of the molecule is Cn1nc(N2CCN(CCc3ccccc3)CC2)c2c1-c1ccccc1CC2.O=C(O)C(=O)O. The first-order valence-corrected chi connectivity index (χ1v) is 11.6. The zero-order valence-electron chi connectivity index (χ0n) is 19.4. The minimum Gasteiger partial charge on any atom is -0.473 e. The summed E-state index contributed by atoms with van der Waals surface area (Å²) in [4.78, 5) is 23.3. The van der Waals surface area contributed by atoms with E-state index in [1.807, 2.05) is 0 Å². The number of rotatable bonds is 4. The molecule has 1 saturated heterocycles. The summed E-state index contributed by atoms with van der Waals surface area (Å²) in [6.45, 7) is 5.52. The van der Waals surface area contributed by atoms with Gasteiger partial charge in [-0.1, -0.05) is 54.6 Å². The minimum atomic E-state index is -1.82. The van der Waals surface area contributed by atoms with Gasteiger partial charge in [-0.15, -0.1) is 0 Å². The predicted octanol–water partition coefficient (Wildman–Crippen LogP) is 2.71. The molecule has 2 aliphatic rings. The topological polar surface area (TPSA) is 98.9 Å². The Morgan fingerprint density at radius 2 is 1.53 bits per heavy atom. The Balaban J connectivity index is 0.000000408. The summed E-state index contributed by atoms with van der Waals surface area (Å²) >= 11 is 0. The lowest BCUT2D eigenvalue weighted by Crippen LogP contribution is -2.47. The molecule has 0 radical (unpaired) electrons. The van der Waals surface area contributed by atoms with Crippen LogP contribution in [0.5, 0.6) is 0 Å². The number of fused-ring (bicyclic) bond motifs is 3. The highest BCUT2D eigenvalue weighted by molar-refractivity contribution is 6.27. The largest absolute Gasteiger partial charge is 0.473 e. The second kappa shape index (κ2) is 10.5. The molecule has 2 aromatic carbocycles. The monoisotopic (exact) mass is 462 g/mol. The van der Waals surface area contributed by atoms with Gasteiger partial charge in [0.1, 0.15) is 0 Å². The molecule has 1 aliphatic carbocycles. The molecular formula is C26H30N4O4. The van der Waals surface area contributed by atoms with Crippen molar-refractivity contribution >= 4 is 17.8 Å². The number of hydrogen-bond donors (Lipinski definition) is 2. The number of carboxylic acids is 2. The molecule has 8 heteroatoms. The van der Waals surface area contributed by atoms with E-state index in [-0.39, 0.29) is 0 Å². The average molecular weight is 463 g/mol. The number of hydrogen-bond acceptors (Lipinski definition) is 5. The van der Waals surface area contributed by atoms with Gasteiger partial charge in [0.2, 0.25) is 0 Å². The number of aliphatic carboxylic acids is 2. The first-order chi connectivity index (χ1) is 16.4. The minimum absolute atomic E-state index is 1.07. The summed E-state index contributed by atoms with van der Waals surface area (Å²) in [7, 11) is 2.10. The second-order valence-electron chi connectivity index (χ2n) is 8.61. The van der Waals surface area contributed by atoms with Crippen LogP contribution >= 0.6 is 0 Å². The van der Waals surface area contributed by atoms with Gasteiger partial charge < -0.3 is 15.1 Å². The fourth-order valence-corrected chi connectivity index (χ4v) is 4.72. The van der Waals surface area contributed by atoms with Gasteiger partial charge in [0, 0.05) is 50.9 Å². The van der Waals surface area contributed by atoms with Crippen molar-refractivity contribution in [3.05, 3.63) is 71.3 Å². The number of carboxylic acid groups (broad SMARTS) is 2. The highest BCUT2D eigenvalue weighted by Crippen LogP contribution is 2.38. The lowest BCUT2D eigenvalue weighted by molar-refractivity contribution is -0.159. The van der Waals surface area contributed by atoms with Crippen LogP contribution in [0.1, 0.15) is 16.7 Å². The smallest absolute Gasteiger partial charge is 0.414 e. The summed E-state index contributed by atoms with van der Waals surface area (Å²) in [5.74, 6) is -2.43. The molecule has 1 aromatic heterocycles. The predicted molar refractivity (Wildman–Crippen MR) is 130 cm³/mol. The lowest BCUT2D eigenvalue weighted by atomic mass is 9.89. The standard InChI is InChI=1S/C24H28N4.C2H2O4/c1-26-23-21-10-6-5-9-20(21)11-12-22(23)24(25-26)28-17-15-27(16-18-28)14-13-19-7-3-2-4-8-19;3-1(4)2(5)6/h2-10H,11-18H2,1H3;(H,3,4)(H,5,6). The molecule has 5 rings (SSSR count). The molecule has 0 amide bonds. The van der Waals surface area contributed by atoms with Crippen molar-refractivity contribution in [1.82, 2.24) is 14.7 Å². The first-order valence-electron chi connectivity index (χ1n) is 11.6. The zero-order valence-corrected chi connectivity index (χ0v) is 19.4. The highest BCUT2D eigenvalue weighted by atomic mass is 16.4. The summed E-state index contributed by atoms with van der Waals surface area (Å²) in [5, 5.41) is 19.7. The van der Waals surface area contributed by atoms with Gasteiger partial charge in [0.15, 0.2) is 5.82 Å². The van der Waals surface area contributed by atoms with Crippen molar-refractivity contribution in [3.8, 4) is 11.3 Å². The van der Waals surface area contributed by atoms with E-state index in [0.29, 0.717) is 0 Å². The number of nitrogens with zero attached hydrogens (tertiary/aromatic N) is 4. The molecule has 0 unspecified atom stereocenters. The second-order valence-corrected chi connectivity index (χ2v) is 8.61. The Labute approximate surface area is 199 Å². The molecule has 0 saturated carbocycles. The zero-order chi connectivity index (χ0) is 24.1. The molecule has 1 aliphatic heterocycles. The van der Waals surface area contributed by atoms with E-state index in [4.69, 9.17) is 24.9 Å². The molecule has 178 valence electrons. The van der Waals surface area contributed by atoms with Gasteiger partial charge in [-0.05, 0) is 30.4 Å². The Kier molecular flexibility index (Phi) is 7.27. The molecule has 34 heavy (non-hydrogen) atoms. The number of piperazine rings is 1. The van der Waals surface area contributed by atoms with Crippen LogP contribution in [-0.4, -0.2) is 69.6 Å². The van der Waals surface area contributed by atoms with E-state index < -0.39 is 11.9 Å². The van der Waals surface area contributed by atoms with E-state index in [0.717, 1.165) is 52.0 Å². The quantitative estimate of drug-likeness (QED) is 0.575. The Morgan fingerprint density at radius 3 is 2.21 bits per heavy atom. The molecule has 0 atom stereocenters. The number of anilines is 1. The van der Waals surface area contributed by atoms with Gasteiger partial charge in [0.25, 0.3) is 0 Å². The van der Waals surface area contributed by atoms with Crippen LogP contribution < -0.4 is 4.90 Å². The fraction of sp³-hybridized carbons (Fsp3) is 0.346. The maximum atomic E-state index is 9.10.